The van der Waals surface area contributed by atoms with E-state index in [1.165, 1.54) is 12.1 Å². The first-order valence-corrected chi connectivity index (χ1v) is 8.46. The quantitative estimate of drug-likeness (QED) is 0.764. The van der Waals surface area contributed by atoms with Gasteiger partial charge in [0.15, 0.2) is 0 Å². The van der Waals surface area contributed by atoms with Crippen molar-refractivity contribution in [3.63, 3.8) is 0 Å². The lowest BCUT2D eigenvalue weighted by Gasteiger charge is -2.13. The van der Waals surface area contributed by atoms with Crippen molar-refractivity contribution in [2.75, 3.05) is 0 Å². The fourth-order valence-electron chi connectivity index (χ4n) is 2.07. The smallest absolute Gasteiger partial charge is 0.266 e. The molecule has 0 saturated heterocycles. The van der Waals surface area contributed by atoms with Gasteiger partial charge in [-0.3, -0.25) is 4.79 Å². The van der Waals surface area contributed by atoms with Crippen LogP contribution < -0.4 is 10.5 Å². The number of amides is 1. The van der Waals surface area contributed by atoms with Gasteiger partial charge in [0.05, 0.1) is 11.7 Å². The number of hydrogen-bond donors (Lipinski definition) is 3. The van der Waals surface area contributed by atoms with E-state index in [1.807, 2.05) is 35.1 Å². The first-order valence-electron chi connectivity index (χ1n) is 6.97. The van der Waals surface area contributed by atoms with E-state index in [1.54, 1.807) is 19.1 Å². The molecule has 2 aromatic carbocycles. The van der Waals surface area contributed by atoms with E-state index in [-0.39, 0.29) is 16.5 Å². The number of sulfonamides is 1. The standard InChI is InChI=1S/C9H13NO.C7H5NO3S/c1-7(10)9(11)8-5-3-2-4-6-8;9-7-5-3-1-2-4-6(5)12(10,11)8-7/h2-7,9,11H,10H2,1H3;1-4H,(H,8,9). The zero-order valence-electron chi connectivity index (χ0n) is 12.5. The maximum absolute atomic E-state index is 11.1. The van der Waals surface area contributed by atoms with E-state index in [9.17, 15) is 18.3 Å². The highest BCUT2D eigenvalue weighted by molar-refractivity contribution is 7.90. The zero-order valence-corrected chi connectivity index (χ0v) is 13.3. The molecule has 23 heavy (non-hydrogen) atoms. The number of nitrogens with one attached hydrogen (secondary N) is 1. The molecule has 2 aromatic rings. The second-order valence-electron chi connectivity index (χ2n) is 5.15. The Bertz CT molecular complexity index is 789. The fraction of sp³-hybridized carbons (Fsp3) is 0.188. The van der Waals surface area contributed by atoms with Crippen molar-refractivity contribution in [3.05, 3.63) is 65.7 Å². The van der Waals surface area contributed by atoms with E-state index in [0.717, 1.165) is 5.56 Å². The molecule has 1 heterocycles. The molecule has 4 N–H and O–H groups in total. The molecule has 122 valence electrons. The Hall–Kier alpha value is -2.22. The molecule has 2 atom stereocenters. The van der Waals surface area contributed by atoms with Crippen LogP contribution in [-0.2, 0) is 10.0 Å². The Morgan fingerprint density at radius 2 is 1.61 bits per heavy atom. The molecule has 0 fully saturated rings. The van der Waals surface area contributed by atoms with Crippen molar-refractivity contribution < 1.29 is 18.3 Å². The Labute approximate surface area is 135 Å². The summed E-state index contributed by atoms with van der Waals surface area (Å²) in [7, 11) is -3.55. The average Bonchev–Trinajstić information content (AvgIpc) is 2.78. The van der Waals surface area contributed by atoms with E-state index in [2.05, 4.69) is 0 Å². The third-order valence-electron chi connectivity index (χ3n) is 3.29. The summed E-state index contributed by atoms with van der Waals surface area (Å²) in [5, 5.41) is 9.47. The normalized spacial score (nSPS) is 17.3. The number of carbonyl (C=O) groups is 1. The van der Waals surface area contributed by atoms with Crippen LogP contribution in [0, 0.1) is 0 Å². The van der Waals surface area contributed by atoms with Gasteiger partial charge in [-0.05, 0) is 24.6 Å². The Morgan fingerprint density at radius 1 is 1.04 bits per heavy atom. The minimum absolute atomic E-state index is 0.0648. The van der Waals surface area contributed by atoms with Gasteiger partial charge in [-0.15, -0.1) is 0 Å². The van der Waals surface area contributed by atoms with Gasteiger partial charge in [-0.25, -0.2) is 13.1 Å². The van der Waals surface area contributed by atoms with Crippen LogP contribution in [-0.4, -0.2) is 25.5 Å². The average molecular weight is 334 g/mol. The second kappa shape index (κ2) is 6.91. The van der Waals surface area contributed by atoms with Crippen molar-refractivity contribution in [3.8, 4) is 0 Å². The van der Waals surface area contributed by atoms with Crippen molar-refractivity contribution in [1.29, 1.82) is 0 Å². The number of hydrogen-bond acceptors (Lipinski definition) is 5. The lowest BCUT2D eigenvalue weighted by molar-refractivity contribution is 0.0985. The van der Waals surface area contributed by atoms with Crippen LogP contribution in [0.15, 0.2) is 59.5 Å². The molecular formula is C16H18N2O4S. The molecule has 1 aliphatic rings. The highest BCUT2D eigenvalue weighted by Crippen LogP contribution is 2.20. The SMILES string of the molecule is CC(N)C(O)c1ccccc1.O=C1NS(=O)(=O)c2ccccc21. The van der Waals surface area contributed by atoms with Crippen LogP contribution >= 0.6 is 0 Å². The van der Waals surface area contributed by atoms with Gasteiger partial charge >= 0.3 is 0 Å². The summed E-state index contributed by atoms with van der Waals surface area (Å²) >= 11 is 0. The predicted molar refractivity (Wildman–Crippen MR) is 86.1 cm³/mol. The van der Waals surface area contributed by atoms with Gasteiger partial charge in [0.2, 0.25) is 0 Å². The number of carbonyl (C=O) groups excluding carboxylic acids is 1. The number of nitrogens with two attached hydrogens (primary N) is 1. The molecule has 6 nitrogen and oxygen atoms in total. The minimum Gasteiger partial charge on any atom is -0.387 e. The van der Waals surface area contributed by atoms with Gasteiger partial charge in [-0.1, -0.05) is 42.5 Å². The summed E-state index contributed by atoms with van der Waals surface area (Å²) in [4.78, 5) is 11.1. The molecule has 7 heteroatoms. The highest BCUT2D eigenvalue weighted by atomic mass is 32.2. The molecule has 3 rings (SSSR count). The monoisotopic (exact) mass is 334 g/mol. The molecule has 0 bridgehead atoms. The Kier molecular flexibility index (Phi) is 5.15. The van der Waals surface area contributed by atoms with Gasteiger partial charge in [0.1, 0.15) is 4.90 Å². The van der Waals surface area contributed by atoms with Gasteiger partial charge < -0.3 is 10.8 Å². The third kappa shape index (κ3) is 3.95. The van der Waals surface area contributed by atoms with E-state index < -0.39 is 22.0 Å². The number of rotatable bonds is 2. The highest BCUT2D eigenvalue weighted by Gasteiger charge is 2.31. The molecule has 0 aliphatic carbocycles. The molecule has 0 radical (unpaired) electrons. The van der Waals surface area contributed by atoms with Crippen LogP contribution in [0.4, 0.5) is 0 Å². The maximum Gasteiger partial charge on any atom is 0.266 e. The third-order valence-corrected chi connectivity index (χ3v) is 4.68. The predicted octanol–water partition coefficient (Wildman–Crippen LogP) is 1.19. The van der Waals surface area contributed by atoms with Crippen molar-refractivity contribution >= 4 is 15.9 Å². The van der Waals surface area contributed by atoms with E-state index in [0.29, 0.717) is 0 Å². The van der Waals surface area contributed by atoms with Gasteiger partial charge in [0, 0.05) is 6.04 Å². The Morgan fingerprint density at radius 3 is 2.17 bits per heavy atom. The van der Waals surface area contributed by atoms with Crippen LogP contribution in [0.2, 0.25) is 0 Å². The zero-order chi connectivity index (χ0) is 17.0. The lowest BCUT2D eigenvalue weighted by Crippen LogP contribution is -2.24. The first kappa shape index (κ1) is 17.1. The molecule has 0 aromatic heterocycles. The maximum atomic E-state index is 11.1. The van der Waals surface area contributed by atoms with Crippen LogP contribution in [0.25, 0.3) is 0 Å². The van der Waals surface area contributed by atoms with Crippen LogP contribution in [0.3, 0.4) is 0 Å². The summed E-state index contributed by atoms with van der Waals surface area (Å²) in [5.74, 6) is -0.550. The molecule has 0 saturated carbocycles. The summed E-state index contributed by atoms with van der Waals surface area (Å²) < 4.78 is 24.2. The molecule has 1 amide bonds. The molecular weight excluding hydrogens is 316 g/mol. The topological polar surface area (TPSA) is 109 Å². The van der Waals surface area contributed by atoms with E-state index in [4.69, 9.17) is 5.73 Å². The number of benzene rings is 2. The summed E-state index contributed by atoms with van der Waals surface area (Å²) in [5.41, 5.74) is 6.62. The lowest BCUT2D eigenvalue weighted by atomic mass is 10.0. The number of aliphatic hydroxyl groups excluding tert-OH is 1. The van der Waals surface area contributed by atoms with Crippen molar-refractivity contribution in [2.24, 2.45) is 5.73 Å². The minimum atomic E-state index is -3.55. The van der Waals surface area contributed by atoms with Crippen LogP contribution in [0.5, 0.6) is 0 Å². The van der Waals surface area contributed by atoms with Crippen molar-refractivity contribution in [1.82, 2.24) is 4.72 Å². The molecule has 1 aliphatic heterocycles. The molecule has 0 spiro atoms. The van der Waals surface area contributed by atoms with Gasteiger partial charge in [-0.2, -0.15) is 0 Å². The van der Waals surface area contributed by atoms with E-state index >= 15 is 0 Å². The first-order chi connectivity index (χ1) is 10.8. The summed E-state index contributed by atoms with van der Waals surface area (Å²) in [6.45, 7) is 1.79. The summed E-state index contributed by atoms with van der Waals surface area (Å²) in [6, 6.07) is 15.3. The fourth-order valence-corrected chi connectivity index (χ4v) is 3.25. The van der Waals surface area contributed by atoms with Crippen molar-refractivity contribution in [2.45, 2.75) is 24.0 Å². The molecule has 2 unspecified atom stereocenters. The second-order valence-corrected chi connectivity index (χ2v) is 6.80. The number of fused-ring (bicyclic) bond motifs is 1. The van der Waals surface area contributed by atoms with Gasteiger partial charge in [0.25, 0.3) is 15.9 Å². The Balaban J connectivity index is 0.000000168. The summed E-state index contributed by atoms with van der Waals surface area (Å²) in [6.07, 6.45) is -0.545. The van der Waals surface area contributed by atoms with Crippen LogP contribution in [0.1, 0.15) is 28.9 Å². The number of aliphatic hydroxyl groups is 1. The largest absolute Gasteiger partial charge is 0.387 e.